The maximum atomic E-state index is 12.2. The van der Waals surface area contributed by atoms with E-state index >= 15 is 0 Å². The van der Waals surface area contributed by atoms with E-state index in [9.17, 15) is 4.79 Å². The van der Waals surface area contributed by atoms with Crippen molar-refractivity contribution in [3.63, 3.8) is 0 Å². The molecule has 1 unspecified atom stereocenters. The number of furan rings is 1. The Morgan fingerprint density at radius 2 is 2.00 bits per heavy atom. The van der Waals surface area contributed by atoms with Gasteiger partial charge in [0.05, 0.1) is 0 Å². The number of hydrogen-bond acceptors (Lipinski definition) is 3. The molecule has 0 aliphatic heterocycles. The molecule has 0 aliphatic rings. The molecule has 0 spiro atoms. The summed E-state index contributed by atoms with van der Waals surface area (Å²) in [5.74, 6) is 1.63. The number of carbonyl (C=O) groups excluding carboxylic acids is 1. The smallest absolute Gasteiger partial charge is 0.198 e. The van der Waals surface area contributed by atoms with Crippen molar-refractivity contribution in [2.75, 3.05) is 6.54 Å². The van der Waals surface area contributed by atoms with Crippen LogP contribution in [0.5, 0.6) is 0 Å². The van der Waals surface area contributed by atoms with E-state index in [1.807, 2.05) is 30.3 Å². The molecule has 3 nitrogen and oxygen atoms in total. The zero-order valence-corrected chi connectivity index (χ0v) is 12.3. The highest BCUT2D eigenvalue weighted by atomic mass is 16.3. The largest absolute Gasteiger partial charge is 0.453 e. The van der Waals surface area contributed by atoms with E-state index in [1.54, 1.807) is 0 Å². The predicted molar refractivity (Wildman–Crippen MR) is 81.8 cm³/mol. The van der Waals surface area contributed by atoms with Gasteiger partial charge in [-0.3, -0.25) is 4.79 Å². The molecule has 0 amide bonds. The second-order valence-electron chi connectivity index (χ2n) is 5.69. The van der Waals surface area contributed by atoms with Gasteiger partial charge in [0.25, 0.3) is 0 Å². The molecule has 1 aromatic carbocycles. The zero-order valence-electron chi connectivity index (χ0n) is 12.3. The molecule has 0 aliphatic carbocycles. The number of rotatable bonds is 7. The first-order valence-corrected chi connectivity index (χ1v) is 7.33. The van der Waals surface area contributed by atoms with Gasteiger partial charge in [0, 0.05) is 11.8 Å². The summed E-state index contributed by atoms with van der Waals surface area (Å²) in [6.45, 7) is 5.06. The van der Waals surface area contributed by atoms with E-state index in [0.717, 1.165) is 23.8 Å². The Morgan fingerprint density at radius 3 is 2.65 bits per heavy atom. The SMILES string of the molecule is CC(C)C(CCN)CCC(=O)c1cc2ccccc2o1. The minimum Gasteiger partial charge on any atom is -0.453 e. The van der Waals surface area contributed by atoms with Crippen LogP contribution in [0, 0.1) is 11.8 Å². The fourth-order valence-corrected chi connectivity index (χ4v) is 2.58. The van der Waals surface area contributed by atoms with Crippen LogP contribution in [0.3, 0.4) is 0 Å². The Hall–Kier alpha value is -1.61. The third-order valence-electron chi connectivity index (χ3n) is 3.92. The molecule has 1 aromatic heterocycles. The Kier molecular flexibility index (Phi) is 4.96. The normalized spacial score (nSPS) is 13.0. The van der Waals surface area contributed by atoms with Crippen molar-refractivity contribution in [3.05, 3.63) is 36.1 Å². The van der Waals surface area contributed by atoms with Crippen LogP contribution in [0.1, 0.15) is 43.7 Å². The molecule has 20 heavy (non-hydrogen) atoms. The van der Waals surface area contributed by atoms with Crippen molar-refractivity contribution in [3.8, 4) is 0 Å². The Balaban J connectivity index is 2.00. The molecule has 2 aromatic rings. The molecular weight excluding hydrogens is 250 g/mol. The minimum atomic E-state index is 0.0869. The van der Waals surface area contributed by atoms with E-state index < -0.39 is 0 Å². The van der Waals surface area contributed by atoms with Crippen LogP contribution < -0.4 is 5.73 Å². The lowest BCUT2D eigenvalue weighted by atomic mass is 9.87. The molecule has 2 N–H and O–H groups in total. The number of nitrogens with two attached hydrogens (primary N) is 1. The molecule has 0 saturated carbocycles. The lowest BCUT2D eigenvalue weighted by molar-refractivity contribution is 0.0944. The quantitative estimate of drug-likeness (QED) is 0.775. The Labute approximate surface area is 120 Å². The van der Waals surface area contributed by atoms with E-state index in [2.05, 4.69) is 13.8 Å². The third kappa shape index (κ3) is 3.48. The molecule has 108 valence electrons. The first-order chi connectivity index (χ1) is 9.61. The number of fused-ring (bicyclic) bond motifs is 1. The lowest BCUT2D eigenvalue weighted by Gasteiger charge is -2.19. The average molecular weight is 273 g/mol. The molecule has 2 rings (SSSR count). The second kappa shape index (κ2) is 6.71. The highest BCUT2D eigenvalue weighted by molar-refractivity contribution is 5.97. The van der Waals surface area contributed by atoms with E-state index in [1.165, 1.54) is 0 Å². The lowest BCUT2D eigenvalue weighted by Crippen LogP contribution is -2.15. The molecular formula is C17H23NO2. The van der Waals surface area contributed by atoms with E-state index in [0.29, 0.717) is 30.6 Å². The van der Waals surface area contributed by atoms with Crippen molar-refractivity contribution in [1.82, 2.24) is 0 Å². The van der Waals surface area contributed by atoms with Gasteiger partial charge in [0.1, 0.15) is 5.58 Å². The maximum absolute atomic E-state index is 12.2. The van der Waals surface area contributed by atoms with Gasteiger partial charge < -0.3 is 10.2 Å². The first-order valence-electron chi connectivity index (χ1n) is 7.33. The molecule has 1 heterocycles. The van der Waals surface area contributed by atoms with Gasteiger partial charge >= 0.3 is 0 Å². The van der Waals surface area contributed by atoms with Crippen molar-refractivity contribution in [2.45, 2.75) is 33.1 Å². The molecule has 1 atom stereocenters. The number of benzene rings is 1. The summed E-state index contributed by atoms with van der Waals surface area (Å²) in [6, 6.07) is 9.54. The van der Waals surface area contributed by atoms with Crippen LogP contribution in [0.2, 0.25) is 0 Å². The highest BCUT2D eigenvalue weighted by Gasteiger charge is 2.17. The molecule has 0 radical (unpaired) electrons. The summed E-state index contributed by atoms with van der Waals surface area (Å²) in [6.07, 6.45) is 2.39. The van der Waals surface area contributed by atoms with Crippen molar-refractivity contribution in [1.29, 1.82) is 0 Å². The number of Topliss-reactive ketones (excluding diaryl/α,β-unsaturated/α-hetero) is 1. The molecule has 0 saturated heterocycles. The van der Waals surface area contributed by atoms with E-state index in [-0.39, 0.29) is 5.78 Å². The second-order valence-corrected chi connectivity index (χ2v) is 5.69. The zero-order chi connectivity index (χ0) is 14.5. The van der Waals surface area contributed by atoms with Crippen LogP contribution >= 0.6 is 0 Å². The fraction of sp³-hybridized carbons (Fsp3) is 0.471. The van der Waals surface area contributed by atoms with Crippen LogP contribution in [-0.2, 0) is 0 Å². The van der Waals surface area contributed by atoms with Gasteiger partial charge in [-0.1, -0.05) is 32.0 Å². The summed E-state index contributed by atoms with van der Waals surface area (Å²) >= 11 is 0. The van der Waals surface area contributed by atoms with Gasteiger partial charge in [0.2, 0.25) is 0 Å². The van der Waals surface area contributed by atoms with Crippen LogP contribution in [0.15, 0.2) is 34.7 Å². The summed E-state index contributed by atoms with van der Waals surface area (Å²) in [4.78, 5) is 12.2. The third-order valence-corrected chi connectivity index (χ3v) is 3.92. The van der Waals surface area contributed by atoms with Crippen molar-refractivity contribution >= 4 is 16.8 Å². The topological polar surface area (TPSA) is 56.2 Å². The standard InChI is InChI=1S/C17H23NO2/c1-12(2)13(9-10-18)7-8-15(19)17-11-14-5-3-4-6-16(14)20-17/h3-6,11-13H,7-10,18H2,1-2H3. The van der Waals surface area contributed by atoms with Crippen LogP contribution in [0.25, 0.3) is 11.0 Å². The summed E-state index contributed by atoms with van der Waals surface area (Å²) in [5.41, 5.74) is 6.41. The number of hydrogen-bond donors (Lipinski definition) is 1. The minimum absolute atomic E-state index is 0.0869. The average Bonchev–Trinajstić information content (AvgIpc) is 2.86. The monoisotopic (exact) mass is 273 g/mol. The van der Waals surface area contributed by atoms with Gasteiger partial charge in [-0.15, -0.1) is 0 Å². The van der Waals surface area contributed by atoms with Crippen LogP contribution in [0.4, 0.5) is 0 Å². The number of ketones is 1. The predicted octanol–water partition coefficient (Wildman–Crippen LogP) is 4.02. The molecule has 0 fully saturated rings. The summed E-state index contributed by atoms with van der Waals surface area (Å²) < 4.78 is 5.61. The number of para-hydroxylation sites is 1. The number of carbonyl (C=O) groups is 1. The first kappa shape index (κ1) is 14.8. The van der Waals surface area contributed by atoms with Crippen molar-refractivity contribution < 1.29 is 9.21 Å². The van der Waals surface area contributed by atoms with Gasteiger partial charge in [-0.25, -0.2) is 0 Å². The van der Waals surface area contributed by atoms with Crippen LogP contribution in [-0.4, -0.2) is 12.3 Å². The summed E-state index contributed by atoms with van der Waals surface area (Å²) in [7, 11) is 0. The highest BCUT2D eigenvalue weighted by Crippen LogP contribution is 2.24. The van der Waals surface area contributed by atoms with Gasteiger partial charge in [-0.2, -0.15) is 0 Å². The summed E-state index contributed by atoms with van der Waals surface area (Å²) in [5, 5.41) is 0.984. The van der Waals surface area contributed by atoms with Gasteiger partial charge in [-0.05, 0) is 43.4 Å². The fourth-order valence-electron chi connectivity index (χ4n) is 2.58. The van der Waals surface area contributed by atoms with Crippen molar-refractivity contribution in [2.24, 2.45) is 17.6 Å². The maximum Gasteiger partial charge on any atom is 0.198 e. The molecule has 0 bridgehead atoms. The molecule has 3 heteroatoms. The van der Waals surface area contributed by atoms with Gasteiger partial charge in [0.15, 0.2) is 11.5 Å². The Morgan fingerprint density at radius 1 is 1.25 bits per heavy atom. The Bertz CT molecular complexity index is 538. The van der Waals surface area contributed by atoms with E-state index in [4.69, 9.17) is 10.2 Å².